The third kappa shape index (κ3) is 4.52. The van der Waals surface area contributed by atoms with Gasteiger partial charge in [-0.15, -0.1) is 0 Å². The summed E-state index contributed by atoms with van der Waals surface area (Å²) in [4.78, 5) is 10.3. The summed E-state index contributed by atoms with van der Waals surface area (Å²) in [6.07, 6.45) is 1.56. The number of rotatable bonds is 6. The Bertz CT molecular complexity index is 884. The molecule has 0 radical (unpaired) electrons. The molecule has 0 aliphatic rings. The van der Waals surface area contributed by atoms with E-state index in [9.17, 15) is 15.4 Å². The van der Waals surface area contributed by atoms with Crippen LogP contribution >= 0.6 is 11.6 Å². The second kappa shape index (κ2) is 8.37. The molecule has 0 saturated heterocycles. The first kappa shape index (κ1) is 19.3. The van der Waals surface area contributed by atoms with Crippen LogP contribution in [0.3, 0.4) is 0 Å². The fourth-order valence-electron chi connectivity index (χ4n) is 2.28. The smallest absolute Gasteiger partial charge is 0.269 e. The lowest BCUT2D eigenvalue weighted by Crippen LogP contribution is -2.07. The predicted octanol–water partition coefficient (Wildman–Crippen LogP) is 5.11. The van der Waals surface area contributed by atoms with Crippen LogP contribution in [0.15, 0.2) is 36.4 Å². The van der Waals surface area contributed by atoms with Gasteiger partial charge in [0.1, 0.15) is 0 Å². The summed E-state index contributed by atoms with van der Waals surface area (Å²) < 4.78 is 11.0. The first-order valence-corrected chi connectivity index (χ1v) is 8.14. The first-order chi connectivity index (χ1) is 12.3. The summed E-state index contributed by atoms with van der Waals surface area (Å²) in [7, 11) is 1.51. The molecule has 0 aliphatic heterocycles. The van der Waals surface area contributed by atoms with E-state index in [2.05, 4.69) is 6.07 Å². The molecule has 26 heavy (non-hydrogen) atoms. The number of nitriles is 1. The number of benzene rings is 2. The average Bonchev–Trinajstić information content (AvgIpc) is 2.61. The molecule has 0 bridgehead atoms. The monoisotopic (exact) mass is 372 g/mol. The Morgan fingerprint density at radius 1 is 1.31 bits per heavy atom. The van der Waals surface area contributed by atoms with Crippen molar-refractivity contribution in [2.45, 2.75) is 20.0 Å². The molecule has 134 valence electrons. The zero-order chi connectivity index (χ0) is 19.3. The topological polar surface area (TPSA) is 85.4 Å². The summed E-state index contributed by atoms with van der Waals surface area (Å²) in [5.41, 5.74) is 1.52. The van der Waals surface area contributed by atoms with Gasteiger partial charge in [-0.3, -0.25) is 10.1 Å². The van der Waals surface area contributed by atoms with Gasteiger partial charge in [-0.25, -0.2) is 0 Å². The van der Waals surface area contributed by atoms with Gasteiger partial charge in [-0.1, -0.05) is 11.6 Å². The van der Waals surface area contributed by atoms with Crippen LogP contribution in [0.2, 0.25) is 5.02 Å². The number of nitro benzene ring substituents is 1. The summed E-state index contributed by atoms with van der Waals surface area (Å²) >= 11 is 6.29. The van der Waals surface area contributed by atoms with Crippen molar-refractivity contribution in [3.05, 3.63) is 62.7 Å². The van der Waals surface area contributed by atoms with Crippen LogP contribution in [0, 0.1) is 21.4 Å². The lowest BCUT2D eigenvalue weighted by molar-refractivity contribution is -0.384. The summed E-state index contributed by atoms with van der Waals surface area (Å²) in [6.45, 7) is 3.76. The van der Waals surface area contributed by atoms with Gasteiger partial charge in [0, 0.05) is 12.1 Å². The number of allylic oxidation sites excluding steroid dienone is 1. The van der Waals surface area contributed by atoms with Gasteiger partial charge in [-0.2, -0.15) is 5.26 Å². The zero-order valence-corrected chi connectivity index (χ0v) is 15.3. The average molecular weight is 373 g/mol. The van der Waals surface area contributed by atoms with Crippen LogP contribution in [0.5, 0.6) is 11.5 Å². The molecule has 7 heteroatoms. The van der Waals surface area contributed by atoms with Crippen molar-refractivity contribution in [1.29, 1.82) is 5.26 Å². The maximum atomic E-state index is 10.7. The number of hydrogen-bond donors (Lipinski definition) is 0. The molecule has 0 heterocycles. The number of methoxy groups -OCH3 is 1. The Balaban J connectivity index is 2.44. The fourth-order valence-corrected chi connectivity index (χ4v) is 2.55. The molecule has 6 nitrogen and oxygen atoms in total. The highest BCUT2D eigenvalue weighted by atomic mass is 35.5. The minimum absolute atomic E-state index is 0.0362. The zero-order valence-electron chi connectivity index (χ0n) is 14.5. The maximum absolute atomic E-state index is 10.7. The van der Waals surface area contributed by atoms with E-state index >= 15 is 0 Å². The Hall–Kier alpha value is -3.04. The molecule has 2 aromatic carbocycles. The van der Waals surface area contributed by atoms with E-state index in [-0.39, 0.29) is 11.8 Å². The van der Waals surface area contributed by atoms with Crippen LogP contribution in [0.4, 0.5) is 5.69 Å². The van der Waals surface area contributed by atoms with Crippen molar-refractivity contribution in [2.24, 2.45) is 0 Å². The highest BCUT2D eigenvalue weighted by Crippen LogP contribution is 2.38. The normalized spacial score (nSPS) is 11.2. The number of halogens is 1. The summed E-state index contributed by atoms with van der Waals surface area (Å²) in [5, 5.41) is 20.6. The van der Waals surface area contributed by atoms with Crippen molar-refractivity contribution >= 4 is 28.9 Å². The van der Waals surface area contributed by atoms with Crippen LogP contribution in [0.25, 0.3) is 11.6 Å². The van der Waals surface area contributed by atoms with Gasteiger partial charge in [-0.05, 0) is 55.3 Å². The second-order valence-corrected chi connectivity index (χ2v) is 6.08. The molecule has 0 unspecified atom stereocenters. The summed E-state index contributed by atoms with van der Waals surface area (Å²) in [5.74, 6) is 0.897. The Morgan fingerprint density at radius 2 is 1.96 bits per heavy atom. The Labute approximate surface area is 156 Å². The van der Waals surface area contributed by atoms with E-state index in [1.165, 1.54) is 31.4 Å². The van der Waals surface area contributed by atoms with E-state index < -0.39 is 4.92 Å². The minimum Gasteiger partial charge on any atom is -0.493 e. The molecule has 0 atom stereocenters. The lowest BCUT2D eigenvalue weighted by atomic mass is 10.0. The van der Waals surface area contributed by atoms with E-state index in [0.29, 0.717) is 33.2 Å². The first-order valence-electron chi connectivity index (χ1n) is 7.76. The van der Waals surface area contributed by atoms with E-state index in [1.54, 1.807) is 18.2 Å². The number of nitrogens with zero attached hydrogens (tertiary/aromatic N) is 2. The standard InChI is InChI=1S/C19H17ClN2O4/c1-12(2)26-19-17(20)9-13(10-18(19)25-3)8-15(11-21)14-4-6-16(7-5-14)22(23)24/h4-10,12H,1-3H3/b15-8+. The highest BCUT2D eigenvalue weighted by Gasteiger charge is 2.14. The second-order valence-electron chi connectivity index (χ2n) is 5.67. The van der Waals surface area contributed by atoms with Gasteiger partial charge in [0.2, 0.25) is 0 Å². The number of hydrogen-bond acceptors (Lipinski definition) is 5. The van der Waals surface area contributed by atoms with Crippen LogP contribution in [-0.4, -0.2) is 18.1 Å². The SMILES string of the molecule is COc1cc(/C=C(\C#N)c2ccc([N+](=O)[O-])cc2)cc(Cl)c1OC(C)C. The molecule has 0 saturated carbocycles. The number of non-ortho nitro benzene ring substituents is 1. The highest BCUT2D eigenvalue weighted by molar-refractivity contribution is 6.32. The molecule has 0 N–H and O–H groups in total. The third-order valence-corrected chi connectivity index (χ3v) is 3.71. The molecule has 0 aromatic heterocycles. The quantitative estimate of drug-likeness (QED) is 0.304. The Kier molecular flexibility index (Phi) is 6.21. The molecule has 0 amide bonds. The van der Waals surface area contributed by atoms with Crippen molar-refractivity contribution in [3.63, 3.8) is 0 Å². The van der Waals surface area contributed by atoms with E-state index in [0.717, 1.165) is 0 Å². The molecule has 0 aliphatic carbocycles. The number of nitro groups is 1. The van der Waals surface area contributed by atoms with Gasteiger partial charge in [0.15, 0.2) is 11.5 Å². The van der Waals surface area contributed by atoms with Gasteiger partial charge >= 0.3 is 0 Å². The molecule has 0 fully saturated rings. The third-order valence-electron chi connectivity index (χ3n) is 3.43. The molecular weight excluding hydrogens is 356 g/mol. The number of ether oxygens (including phenoxy) is 2. The van der Waals surface area contributed by atoms with Gasteiger partial charge in [0.25, 0.3) is 5.69 Å². The molecular formula is C19H17ClN2O4. The molecule has 2 rings (SSSR count). The van der Waals surface area contributed by atoms with E-state index in [4.69, 9.17) is 21.1 Å². The van der Waals surface area contributed by atoms with Crippen molar-refractivity contribution < 1.29 is 14.4 Å². The van der Waals surface area contributed by atoms with Gasteiger partial charge < -0.3 is 9.47 Å². The largest absolute Gasteiger partial charge is 0.493 e. The molecule has 2 aromatic rings. The van der Waals surface area contributed by atoms with Crippen molar-refractivity contribution in [1.82, 2.24) is 0 Å². The predicted molar refractivity (Wildman–Crippen MR) is 100 cm³/mol. The summed E-state index contributed by atoms with van der Waals surface area (Å²) in [6, 6.07) is 11.3. The minimum atomic E-state index is -0.488. The lowest BCUT2D eigenvalue weighted by Gasteiger charge is -2.15. The molecule has 0 spiro atoms. The van der Waals surface area contributed by atoms with Crippen molar-refractivity contribution in [3.8, 4) is 17.6 Å². The van der Waals surface area contributed by atoms with Crippen molar-refractivity contribution in [2.75, 3.05) is 7.11 Å². The fraction of sp³-hybridized carbons (Fsp3) is 0.211. The van der Waals surface area contributed by atoms with Crippen LogP contribution < -0.4 is 9.47 Å². The Morgan fingerprint density at radius 3 is 2.46 bits per heavy atom. The van der Waals surface area contributed by atoms with Crippen LogP contribution in [-0.2, 0) is 0 Å². The maximum Gasteiger partial charge on any atom is 0.269 e. The van der Waals surface area contributed by atoms with Gasteiger partial charge in [0.05, 0.1) is 34.8 Å². The van der Waals surface area contributed by atoms with Crippen LogP contribution in [0.1, 0.15) is 25.0 Å². The van der Waals surface area contributed by atoms with E-state index in [1.807, 2.05) is 13.8 Å².